The summed E-state index contributed by atoms with van der Waals surface area (Å²) in [6.07, 6.45) is 2.19. The maximum absolute atomic E-state index is 3.99. The fourth-order valence-corrected chi connectivity index (χ4v) is 7.40. The average molecular weight is 615 g/mol. The van der Waals surface area contributed by atoms with Gasteiger partial charge in [-0.25, -0.2) is 0 Å². The number of benzene rings is 8. The van der Waals surface area contributed by atoms with Gasteiger partial charge in [0.2, 0.25) is 0 Å². The van der Waals surface area contributed by atoms with Crippen LogP contribution in [0.2, 0.25) is 0 Å². The molecule has 2 nitrogen and oxygen atoms in total. The molecule has 0 amide bonds. The fraction of sp³-hybridized carbons (Fsp3) is 0.0435. The summed E-state index contributed by atoms with van der Waals surface area (Å²) < 4.78 is 0. The summed E-state index contributed by atoms with van der Waals surface area (Å²) in [5.41, 5.74) is 9.70. The Bertz CT molecular complexity index is 2440. The van der Waals surface area contributed by atoms with E-state index in [0.717, 1.165) is 5.70 Å². The zero-order chi connectivity index (χ0) is 31.9. The first-order valence-electron chi connectivity index (χ1n) is 16.7. The largest absolute Gasteiger partial charge is 0.366 e. The van der Waals surface area contributed by atoms with Gasteiger partial charge in [0.15, 0.2) is 0 Å². The van der Waals surface area contributed by atoms with Gasteiger partial charge in [-0.05, 0) is 83.4 Å². The topological polar surface area (TPSA) is 24.1 Å². The van der Waals surface area contributed by atoms with Gasteiger partial charge in [0, 0.05) is 5.70 Å². The van der Waals surface area contributed by atoms with E-state index in [0.29, 0.717) is 0 Å². The lowest BCUT2D eigenvalue weighted by Gasteiger charge is -2.34. The molecule has 48 heavy (non-hydrogen) atoms. The fourth-order valence-electron chi connectivity index (χ4n) is 7.40. The van der Waals surface area contributed by atoms with E-state index in [-0.39, 0.29) is 12.2 Å². The Morgan fingerprint density at radius 3 is 1.83 bits per heavy atom. The lowest BCUT2D eigenvalue weighted by Crippen LogP contribution is -2.39. The first-order valence-corrected chi connectivity index (χ1v) is 16.7. The van der Waals surface area contributed by atoms with Crippen molar-refractivity contribution in [3.8, 4) is 22.3 Å². The van der Waals surface area contributed by atoms with Crippen molar-refractivity contribution in [2.24, 2.45) is 0 Å². The van der Waals surface area contributed by atoms with Crippen LogP contribution in [0.5, 0.6) is 0 Å². The molecule has 2 heteroatoms. The minimum atomic E-state index is -0.130. The number of hydrogen-bond acceptors (Lipinski definition) is 2. The summed E-state index contributed by atoms with van der Waals surface area (Å²) in [7, 11) is 0. The van der Waals surface area contributed by atoms with Gasteiger partial charge in [-0.2, -0.15) is 0 Å². The SMILES string of the molecule is C1=C(c2ccccc2)NC(c2ccccc2-c2c3ccccc3cc3c2ccc2ccccc23)NC1c1ccc(-c2ccccc2)cc1. The monoisotopic (exact) mass is 614 g/mol. The zero-order valence-electron chi connectivity index (χ0n) is 26.5. The molecule has 1 heterocycles. The maximum atomic E-state index is 3.99. The van der Waals surface area contributed by atoms with E-state index >= 15 is 0 Å². The molecule has 0 saturated heterocycles. The van der Waals surface area contributed by atoms with Gasteiger partial charge < -0.3 is 5.32 Å². The molecule has 0 spiro atoms. The van der Waals surface area contributed by atoms with Crippen LogP contribution in [0.1, 0.15) is 28.9 Å². The number of nitrogens with one attached hydrogen (secondary N) is 2. The van der Waals surface area contributed by atoms with Gasteiger partial charge >= 0.3 is 0 Å². The highest BCUT2D eigenvalue weighted by molar-refractivity contribution is 6.20. The molecule has 0 aromatic heterocycles. The summed E-state index contributed by atoms with van der Waals surface area (Å²) in [5, 5.41) is 15.5. The smallest absolute Gasteiger partial charge is 0.105 e. The first kappa shape index (κ1) is 28.3. The molecule has 228 valence electrons. The molecule has 1 aliphatic heterocycles. The van der Waals surface area contributed by atoms with Crippen LogP contribution in [0.25, 0.3) is 60.3 Å². The highest BCUT2D eigenvalue weighted by Crippen LogP contribution is 2.42. The second-order valence-electron chi connectivity index (χ2n) is 12.6. The zero-order valence-corrected chi connectivity index (χ0v) is 26.5. The number of hydrogen-bond donors (Lipinski definition) is 2. The molecule has 0 aliphatic carbocycles. The third kappa shape index (κ3) is 5.04. The van der Waals surface area contributed by atoms with Gasteiger partial charge in [-0.3, -0.25) is 5.32 Å². The van der Waals surface area contributed by atoms with Crippen molar-refractivity contribution in [3.63, 3.8) is 0 Å². The van der Waals surface area contributed by atoms with E-state index in [9.17, 15) is 0 Å². The van der Waals surface area contributed by atoms with Crippen LogP contribution in [0.3, 0.4) is 0 Å². The third-order valence-corrected chi connectivity index (χ3v) is 9.75. The molecule has 0 saturated carbocycles. The third-order valence-electron chi connectivity index (χ3n) is 9.75. The second-order valence-corrected chi connectivity index (χ2v) is 12.6. The summed E-state index contributed by atoms with van der Waals surface area (Å²) in [5.74, 6) is 0. The molecule has 1 aliphatic rings. The molecular formula is C46H34N2. The van der Waals surface area contributed by atoms with Gasteiger partial charge in [-0.1, -0.05) is 170 Å². The summed E-state index contributed by atoms with van der Waals surface area (Å²) in [4.78, 5) is 0. The van der Waals surface area contributed by atoms with E-state index in [1.807, 2.05) is 0 Å². The van der Waals surface area contributed by atoms with Crippen molar-refractivity contribution >= 4 is 38.0 Å². The van der Waals surface area contributed by atoms with Crippen LogP contribution >= 0.6 is 0 Å². The van der Waals surface area contributed by atoms with E-state index in [4.69, 9.17) is 0 Å². The molecule has 9 rings (SSSR count). The average Bonchev–Trinajstić information content (AvgIpc) is 3.17. The Labute approximate surface area is 281 Å². The Balaban J connectivity index is 1.20. The molecular weight excluding hydrogens is 581 g/mol. The minimum Gasteiger partial charge on any atom is -0.366 e. The van der Waals surface area contributed by atoms with Crippen molar-refractivity contribution < 1.29 is 0 Å². The summed E-state index contributed by atoms with van der Waals surface area (Å²) >= 11 is 0. The van der Waals surface area contributed by atoms with Gasteiger partial charge in [0.05, 0.1) is 6.04 Å². The van der Waals surface area contributed by atoms with E-state index in [2.05, 4.69) is 193 Å². The molecule has 2 unspecified atom stereocenters. The molecule has 2 atom stereocenters. The maximum Gasteiger partial charge on any atom is 0.105 e. The summed E-state index contributed by atoms with van der Waals surface area (Å²) in [6.45, 7) is 0. The molecule has 8 aromatic rings. The minimum absolute atomic E-state index is 0.0116. The van der Waals surface area contributed by atoms with E-state index < -0.39 is 0 Å². The number of fused-ring (bicyclic) bond motifs is 4. The predicted octanol–water partition coefficient (Wildman–Crippen LogP) is 11.5. The lowest BCUT2D eigenvalue weighted by molar-refractivity contribution is 0.443. The van der Waals surface area contributed by atoms with Crippen molar-refractivity contribution in [2.75, 3.05) is 0 Å². The Hall–Kier alpha value is -5.96. The lowest BCUT2D eigenvalue weighted by atomic mass is 9.87. The van der Waals surface area contributed by atoms with Gasteiger partial charge in [-0.15, -0.1) is 0 Å². The first-order chi connectivity index (χ1) is 23.8. The molecule has 0 fully saturated rings. The normalized spacial score (nSPS) is 16.1. The van der Waals surface area contributed by atoms with Crippen molar-refractivity contribution in [3.05, 3.63) is 199 Å². The van der Waals surface area contributed by atoms with Crippen molar-refractivity contribution in [2.45, 2.75) is 12.2 Å². The van der Waals surface area contributed by atoms with Crippen LogP contribution in [0.4, 0.5) is 0 Å². The molecule has 2 N–H and O–H groups in total. The Kier molecular flexibility index (Phi) is 7.07. The predicted molar refractivity (Wildman–Crippen MR) is 202 cm³/mol. The Morgan fingerprint density at radius 1 is 0.417 bits per heavy atom. The molecule has 8 aromatic carbocycles. The van der Waals surface area contributed by atoms with Crippen LogP contribution in [0, 0.1) is 0 Å². The van der Waals surface area contributed by atoms with Gasteiger partial charge in [0.1, 0.15) is 6.17 Å². The van der Waals surface area contributed by atoms with Crippen molar-refractivity contribution in [1.82, 2.24) is 10.6 Å². The van der Waals surface area contributed by atoms with Crippen LogP contribution < -0.4 is 10.6 Å². The molecule has 0 radical (unpaired) electrons. The number of rotatable bonds is 5. The second kappa shape index (κ2) is 12.0. The molecule has 0 bridgehead atoms. The Morgan fingerprint density at radius 2 is 1.04 bits per heavy atom. The highest BCUT2D eigenvalue weighted by Gasteiger charge is 2.27. The van der Waals surface area contributed by atoms with Crippen LogP contribution in [-0.4, -0.2) is 0 Å². The standard InChI is InChI=1S/C46H34N2/c1-3-13-31(14-4-1)32-23-25-35(26-24-32)44-30-43(34-16-5-2-6-17-34)47-46(48-44)41-22-12-11-21-39(41)45-38-20-10-8-18-36(38)29-42-37-19-9-7-15-33(37)27-28-40(42)45/h1-30,44,46-48H. The van der Waals surface area contributed by atoms with E-state index in [1.165, 1.54) is 71.3 Å². The summed E-state index contributed by atoms with van der Waals surface area (Å²) in [6, 6.07) is 63.6. The van der Waals surface area contributed by atoms with Crippen LogP contribution in [-0.2, 0) is 0 Å². The van der Waals surface area contributed by atoms with E-state index in [1.54, 1.807) is 0 Å². The van der Waals surface area contributed by atoms with Crippen LogP contribution in [0.15, 0.2) is 182 Å². The quantitative estimate of drug-likeness (QED) is 0.149. The van der Waals surface area contributed by atoms with Crippen molar-refractivity contribution in [1.29, 1.82) is 0 Å². The highest BCUT2D eigenvalue weighted by atomic mass is 15.2. The van der Waals surface area contributed by atoms with Gasteiger partial charge in [0.25, 0.3) is 0 Å².